The largest absolute Gasteiger partial charge is 0.326 e. The van der Waals surface area contributed by atoms with Gasteiger partial charge in [0.2, 0.25) is 0 Å². The van der Waals surface area contributed by atoms with Crippen molar-refractivity contribution in [2.45, 2.75) is 6.54 Å². The van der Waals surface area contributed by atoms with Gasteiger partial charge in [-0.2, -0.15) is 0 Å². The fraction of sp³-hybridized carbons (Fsp3) is 0.0833. The third kappa shape index (κ3) is 3.59. The Balaban J connectivity index is 2.15. The second-order valence-corrected chi connectivity index (χ2v) is 5.25. The van der Waals surface area contributed by atoms with Crippen molar-refractivity contribution < 1.29 is 4.79 Å². The van der Waals surface area contributed by atoms with Crippen molar-refractivity contribution in [3.8, 4) is 0 Å². The van der Waals surface area contributed by atoms with Crippen LogP contribution in [0.5, 0.6) is 0 Å². The summed E-state index contributed by atoms with van der Waals surface area (Å²) in [6, 6.07) is 7.07. The SMILES string of the molecule is NCc1ccc(C(=O)Nc2ncc(Br)nc2Br)cc1. The number of nitrogens with one attached hydrogen (secondary N) is 1. The number of hydrogen-bond donors (Lipinski definition) is 2. The Labute approximate surface area is 126 Å². The number of hydrogen-bond acceptors (Lipinski definition) is 4. The summed E-state index contributed by atoms with van der Waals surface area (Å²) in [5.74, 6) is 0.122. The molecule has 2 rings (SSSR count). The Morgan fingerprint density at radius 2 is 1.95 bits per heavy atom. The predicted octanol–water partition coefficient (Wildman–Crippen LogP) is 2.71. The standard InChI is InChI=1S/C12H10Br2N4O/c13-9-6-16-11(10(14)17-9)18-12(19)8-3-1-7(5-15)2-4-8/h1-4,6H,5,15H2,(H,16,18,19). The van der Waals surface area contributed by atoms with Gasteiger partial charge in [-0.05, 0) is 49.6 Å². The van der Waals surface area contributed by atoms with E-state index in [-0.39, 0.29) is 5.91 Å². The molecule has 0 saturated heterocycles. The van der Waals surface area contributed by atoms with E-state index in [0.29, 0.717) is 27.1 Å². The van der Waals surface area contributed by atoms with E-state index in [0.717, 1.165) is 5.56 Å². The summed E-state index contributed by atoms with van der Waals surface area (Å²) in [5, 5.41) is 2.68. The van der Waals surface area contributed by atoms with E-state index in [1.54, 1.807) is 12.1 Å². The van der Waals surface area contributed by atoms with Gasteiger partial charge in [0.15, 0.2) is 5.82 Å². The van der Waals surface area contributed by atoms with Gasteiger partial charge in [-0.25, -0.2) is 9.97 Å². The summed E-state index contributed by atoms with van der Waals surface area (Å²) in [6.07, 6.45) is 1.51. The number of amides is 1. The second-order valence-electron chi connectivity index (χ2n) is 3.69. The number of aromatic nitrogens is 2. The van der Waals surface area contributed by atoms with Gasteiger partial charge in [-0.15, -0.1) is 0 Å². The van der Waals surface area contributed by atoms with Crippen LogP contribution < -0.4 is 11.1 Å². The number of benzene rings is 1. The highest BCUT2D eigenvalue weighted by Crippen LogP contribution is 2.20. The highest BCUT2D eigenvalue weighted by molar-refractivity contribution is 9.11. The Morgan fingerprint density at radius 1 is 1.26 bits per heavy atom. The van der Waals surface area contributed by atoms with Crippen LogP contribution in [0.3, 0.4) is 0 Å². The van der Waals surface area contributed by atoms with Crippen LogP contribution in [0.25, 0.3) is 0 Å². The molecular weight excluding hydrogens is 376 g/mol. The first-order valence-electron chi connectivity index (χ1n) is 5.38. The van der Waals surface area contributed by atoms with Gasteiger partial charge >= 0.3 is 0 Å². The zero-order chi connectivity index (χ0) is 13.8. The minimum atomic E-state index is -0.249. The van der Waals surface area contributed by atoms with Gasteiger partial charge < -0.3 is 11.1 Å². The molecule has 0 atom stereocenters. The minimum absolute atomic E-state index is 0.249. The highest BCUT2D eigenvalue weighted by atomic mass is 79.9. The van der Waals surface area contributed by atoms with E-state index in [9.17, 15) is 4.79 Å². The zero-order valence-electron chi connectivity index (χ0n) is 9.73. The maximum atomic E-state index is 12.0. The molecule has 1 amide bonds. The van der Waals surface area contributed by atoms with E-state index in [1.165, 1.54) is 6.20 Å². The van der Waals surface area contributed by atoms with Gasteiger partial charge in [0.05, 0.1) is 6.20 Å². The van der Waals surface area contributed by atoms with Crippen molar-refractivity contribution in [1.29, 1.82) is 0 Å². The molecule has 0 aliphatic heterocycles. The summed E-state index contributed by atoms with van der Waals surface area (Å²) in [6.45, 7) is 0.450. The lowest BCUT2D eigenvalue weighted by atomic mass is 10.1. The number of nitrogens with zero attached hydrogens (tertiary/aromatic N) is 2. The van der Waals surface area contributed by atoms with Crippen LogP contribution in [0, 0.1) is 0 Å². The molecule has 0 fully saturated rings. The molecule has 1 aromatic heterocycles. The van der Waals surface area contributed by atoms with E-state index in [1.807, 2.05) is 12.1 Å². The van der Waals surface area contributed by atoms with Gasteiger partial charge in [0, 0.05) is 12.1 Å². The third-order valence-corrected chi connectivity index (χ3v) is 3.32. The molecule has 0 bridgehead atoms. The topological polar surface area (TPSA) is 80.9 Å². The monoisotopic (exact) mass is 384 g/mol. The third-order valence-electron chi connectivity index (χ3n) is 2.38. The normalized spacial score (nSPS) is 10.3. The molecule has 19 heavy (non-hydrogen) atoms. The first kappa shape index (κ1) is 14.1. The van der Waals surface area contributed by atoms with Crippen LogP contribution in [0.4, 0.5) is 5.82 Å². The van der Waals surface area contributed by atoms with Crippen LogP contribution >= 0.6 is 31.9 Å². The Morgan fingerprint density at radius 3 is 2.53 bits per heavy atom. The fourth-order valence-electron chi connectivity index (χ4n) is 1.40. The number of carbonyl (C=O) groups excluding carboxylic acids is 1. The van der Waals surface area contributed by atoms with Crippen molar-refractivity contribution in [3.63, 3.8) is 0 Å². The zero-order valence-corrected chi connectivity index (χ0v) is 12.9. The van der Waals surface area contributed by atoms with Gasteiger partial charge in [-0.3, -0.25) is 4.79 Å². The van der Waals surface area contributed by atoms with Crippen molar-refractivity contribution >= 4 is 43.6 Å². The average Bonchev–Trinajstić information content (AvgIpc) is 2.42. The average molecular weight is 386 g/mol. The molecule has 0 radical (unpaired) electrons. The summed E-state index contributed by atoms with van der Waals surface area (Å²) >= 11 is 6.43. The minimum Gasteiger partial charge on any atom is -0.326 e. The molecule has 0 saturated carbocycles. The quantitative estimate of drug-likeness (QED) is 0.851. The number of carbonyl (C=O) groups is 1. The lowest BCUT2D eigenvalue weighted by Gasteiger charge is -2.06. The van der Waals surface area contributed by atoms with E-state index < -0.39 is 0 Å². The number of anilines is 1. The van der Waals surface area contributed by atoms with Crippen LogP contribution in [0.2, 0.25) is 0 Å². The molecule has 0 aliphatic carbocycles. The number of halogens is 2. The Hall–Kier alpha value is -1.31. The Kier molecular flexibility index (Phi) is 4.62. The molecule has 1 heterocycles. The van der Waals surface area contributed by atoms with Crippen LogP contribution in [-0.2, 0) is 6.54 Å². The summed E-state index contributed by atoms with van der Waals surface area (Å²) in [5.41, 5.74) is 7.01. The van der Waals surface area contributed by atoms with E-state index >= 15 is 0 Å². The van der Waals surface area contributed by atoms with Crippen LogP contribution in [-0.4, -0.2) is 15.9 Å². The first-order chi connectivity index (χ1) is 9.10. The second kappa shape index (κ2) is 6.23. The summed E-state index contributed by atoms with van der Waals surface area (Å²) < 4.78 is 1.05. The number of rotatable bonds is 3. The first-order valence-corrected chi connectivity index (χ1v) is 6.97. The van der Waals surface area contributed by atoms with Gasteiger partial charge in [0.1, 0.15) is 9.21 Å². The van der Waals surface area contributed by atoms with E-state index in [2.05, 4.69) is 47.1 Å². The molecular formula is C12H10Br2N4O. The fourth-order valence-corrected chi connectivity index (χ4v) is 2.31. The Bertz CT molecular complexity index is 601. The molecule has 7 heteroatoms. The molecule has 5 nitrogen and oxygen atoms in total. The summed E-state index contributed by atoms with van der Waals surface area (Å²) in [4.78, 5) is 20.2. The van der Waals surface area contributed by atoms with E-state index in [4.69, 9.17) is 5.73 Å². The van der Waals surface area contributed by atoms with Crippen molar-refractivity contribution in [2.24, 2.45) is 5.73 Å². The molecule has 98 valence electrons. The molecule has 0 spiro atoms. The molecule has 0 unspecified atom stereocenters. The summed E-state index contributed by atoms with van der Waals surface area (Å²) in [7, 11) is 0. The predicted molar refractivity (Wildman–Crippen MR) is 79.7 cm³/mol. The number of nitrogens with two attached hydrogens (primary N) is 1. The van der Waals surface area contributed by atoms with Crippen LogP contribution in [0.1, 0.15) is 15.9 Å². The smallest absolute Gasteiger partial charge is 0.256 e. The lowest BCUT2D eigenvalue weighted by molar-refractivity contribution is 0.102. The van der Waals surface area contributed by atoms with Crippen molar-refractivity contribution in [2.75, 3.05) is 5.32 Å². The highest BCUT2D eigenvalue weighted by Gasteiger charge is 2.10. The molecule has 3 N–H and O–H groups in total. The maximum Gasteiger partial charge on any atom is 0.256 e. The molecule has 2 aromatic rings. The van der Waals surface area contributed by atoms with Crippen LogP contribution in [0.15, 0.2) is 39.7 Å². The van der Waals surface area contributed by atoms with Crippen molar-refractivity contribution in [1.82, 2.24) is 9.97 Å². The lowest BCUT2D eigenvalue weighted by Crippen LogP contribution is -2.14. The van der Waals surface area contributed by atoms with Gasteiger partial charge in [-0.1, -0.05) is 12.1 Å². The van der Waals surface area contributed by atoms with Crippen molar-refractivity contribution in [3.05, 3.63) is 50.8 Å². The maximum absolute atomic E-state index is 12.0. The van der Waals surface area contributed by atoms with Gasteiger partial charge in [0.25, 0.3) is 5.91 Å². The molecule has 0 aliphatic rings. The molecule has 1 aromatic carbocycles.